The first-order chi connectivity index (χ1) is 9.06. The van der Waals surface area contributed by atoms with Gasteiger partial charge in [-0.3, -0.25) is 4.79 Å². The summed E-state index contributed by atoms with van der Waals surface area (Å²) >= 11 is 0. The second-order valence-corrected chi connectivity index (χ2v) is 5.49. The third-order valence-corrected chi connectivity index (χ3v) is 4.57. The number of cyclic esters (lactones) is 1. The highest BCUT2D eigenvalue weighted by Gasteiger charge is 2.55. The van der Waals surface area contributed by atoms with Crippen LogP contribution in [0.25, 0.3) is 0 Å². The monoisotopic (exact) mass is 266 g/mol. The van der Waals surface area contributed by atoms with E-state index in [1.54, 1.807) is 11.8 Å². The highest BCUT2D eigenvalue weighted by molar-refractivity contribution is 5.94. The number of nitrogens with zero attached hydrogens (tertiary/aromatic N) is 1. The number of amides is 1. The average molecular weight is 266 g/mol. The van der Waals surface area contributed by atoms with Crippen LogP contribution in [0.1, 0.15) is 19.8 Å². The Morgan fingerprint density at radius 3 is 2.63 bits per heavy atom. The number of β-amino-alcohol motifs (C(OH)–C–C–N with tert-alkyl or cyclic N) is 1. The van der Waals surface area contributed by atoms with Crippen LogP contribution in [0.15, 0.2) is 11.3 Å². The minimum absolute atomic E-state index is 0.0610. The van der Waals surface area contributed by atoms with Crippen molar-refractivity contribution in [1.29, 1.82) is 0 Å². The Labute approximate surface area is 111 Å². The minimum Gasteiger partial charge on any atom is -0.456 e. The molecule has 2 fully saturated rings. The van der Waals surface area contributed by atoms with E-state index in [0.717, 1.165) is 13.1 Å². The van der Waals surface area contributed by atoms with Crippen molar-refractivity contribution in [3.05, 3.63) is 11.3 Å². The summed E-state index contributed by atoms with van der Waals surface area (Å²) in [4.78, 5) is 25.6. The summed E-state index contributed by atoms with van der Waals surface area (Å²) in [7, 11) is 0. The molecule has 2 N–H and O–H groups in total. The normalized spacial score (nSPS) is 30.4. The predicted octanol–water partition coefficient (Wildman–Crippen LogP) is -0.610. The molecule has 0 aromatic heterocycles. The van der Waals surface area contributed by atoms with Crippen LogP contribution in [-0.2, 0) is 14.3 Å². The topological polar surface area (TPSA) is 78.9 Å². The van der Waals surface area contributed by atoms with Crippen molar-refractivity contribution in [2.75, 3.05) is 26.2 Å². The highest BCUT2D eigenvalue weighted by Crippen LogP contribution is 2.42. The number of hydrogen-bond acceptors (Lipinski definition) is 5. The van der Waals surface area contributed by atoms with E-state index in [9.17, 15) is 14.7 Å². The van der Waals surface area contributed by atoms with Crippen LogP contribution in [0.4, 0.5) is 0 Å². The molecule has 1 spiro atoms. The van der Waals surface area contributed by atoms with Gasteiger partial charge < -0.3 is 20.1 Å². The van der Waals surface area contributed by atoms with Crippen molar-refractivity contribution in [3.8, 4) is 0 Å². The van der Waals surface area contributed by atoms with Crippen molar-refractivity contribution in [2.45, 2.75) is 25.9 Å². The largest absolute Gasteiger partial charge is 0.456 e. The van der Waals surface area contributed by atoms with Crippen LogP contribution in [0.2, 0.25) is 0 Å². The van der Waals surface area contributed by atoms with Gasteiger partial charge >= 0.3 is 5.97 Å². The molecule has 0 aromatic carbocycles. The van der Waals surface area contributed by atoms with Crippen molar-refractivity contribution in [2.24, 2.45) is 5.41 Å². The Bertz CT molecular complexity index is 465. The first kappa shape index (κ1) is 12.6. The minimum atomic E-state index is -0.676. The molecule has 3 aliphatic rings. The lowest BCUT2D eigenvalue weighted by molar-refractivity contribution is -0.139. The molecule has 0 aromatic rings. The van der Waals surface area contributed by atoms with E-state index in [2.05, 4.69) is 5.32 Å². The molecule has 1 atom stereocenters. The molecule has 3 aliphatic heterocycles. The van der Waals surface area contributed by atoms with Gasteiger partial charge in [0.2, 0.25) is 5.91 Å². The summed E-state index contributed by atoms with van der Waals surface area (Å²) in [6, 6.07) is 0. The molecule has 0 aliphatic carbocycles. The highest BCUT2D eigenvalue weighted by atomic mass is 16.5. The molecule has 104 valence electrons. The molecular formula is C13H18N2O4. The summed E-state index contributed by atoms with van der Waals surface area (Å²) < 4.78 is 4.95. The summed E-state index contributed by atoms with van der Waals surface area (Å²) in [6.07, 6.45) is 0.619. The van der Waals surface area contributed by atoms with Crippen molar-refractivity contribution < 1.29 is 19.4 Å². The number of carbonyl (C=O) groups excluding carboxylic acids is 2. The molecule has 0 radical (unpaired) electrons. The van der Waals surface area contributed by atoms with Gasteiger partial charge in [0, 0.05) is 0 Å². The van der Waals surface area contributed by atoms with Crippen LogP contribution in [0.3, 0.4) is 0 Å². The number of piperidine rings is 1. The Hall–Kier alpha value is -1.40. The zero-order valence-electron chi connectivity index (χ0n) is 10.9. The van der Waals surface area contributed by atoms with E-state index in [0.29, 0.717) is 24.1 Å². The first-order valence-corrected chi connectivity index (χ1v) is 6.64. The number of rotatable bonds is 1. The second-order valence-electron chi connectivity index (χ2n) is 5.49. The number of likely N-dealkylation sites (tertiary alicyclic amines) is 1. The third kappa shape index (κ3) is 1.70. The predicted molar refractivity (Wildman–Crippen MR) is 65.9 cm³/mol. The van der Waals surface area contributed by atoms with Gasteiger partial charge in [0.15, 0.2) is 0 Å². The van der Waals surface area contributed by atoms with Crippen LogP contribution in [0, 0.1) is 5.41 Å². The SMILES string of the molecule is CC1=C(N2C[C@@H](O)C3(CCNCC3)C2=O)COC1=O. The maximum atomic E-state index is 12.7. The zero-order chi connectivity index (χ0) is 13.6. The number of aliphatic hydroxyl groups is 1. The molecular weight excluding hydrogens is 248 g/mol. The number of aliphatic hydroxyl groups excluding tert-OH is 1. The van der Waals surface area contributed by atoms with Crippen molar-refractivity contribution in [3.63, 3.8) is 0 Å². The number of ether oxygens (including phenoxy) is 1. The lowest BCUT2D eigenvalue weighted by Gasteiger charge is -2.34. The Kier molecular flexibility index (Phi) is 2.87. The zero-order valence-corrected chi connectivity index (χ0v) is 10.9. The lowest BCUT2D eigenvalue weighted by Crippen LogP contribution is -2.47. The van der Waals surface area contributed by atoms with Gasteiger partial charge in [0.05, 0.1) is 29.3 Å². The Morgan fingerprint density at radius 2 is 2.05 bits per heavy atom. The van der Waals surface area contributed by atoms with Crippen LogP contribution in [-0.4, -0.2) is 54.2 Å². The van der Waals surface area contributed by atoms with Gasteiger partial charge in [-0.25, -0.2) is 4.79 Å². The fourth-order valence-electron chi connectivity index (χ4n) is 3.24. The van der Waals surface area contributed by atoms with E-state index >= 15 is 0 Å². The molecule has 3 rings (SSSR count). The van der Waals surface area contributed by atoms with Crippen LogP contribution >= 0.6 is 0 Å². The average Bonchev–Trinajstić information content (AvgIpc) is 2.86. The number of nitrogens with one attached hydrogen (secondary N) is 1. The summed E-state index contributed by atoms with van der Waals surface area (Å²) in [6.45, 7) is 3.55. The Morgan fingerprint density at radius 1 is 1.37 bits per heavy atom. The molecule has 3 heterocycles. The molecule has 19 heavy (non-hydrogen) atoms. The summed E-state index contributed by atoms with van der Waals surface area (Å²) in [5, 5.41) is 13.5. The molecule has 6 nitrogen and oxygen atoms in total. The maximum Gasteiger partial charge on any atom is 0.336 e. The molecule has 0 saturated carbocycles. The van der Waals surface area contributed by atoms with E-state index < -0.39 is 11.5 Å². The van der Waals surface area contributed by atoms with E-state index in [1.807, 2.05) is 0 Å². The van der Waals surface area contributed by atoms with Gasteiger partial charge in [-0.05, 0) is 32.9 Å². The van der Waals surface area contributed by atoms with E-state index in [4.69, 9.17) is 4.74 Å². The van der Waals surface area contributed by atoms with Gasteiger partial charge in [-0.2, -0.15) is 0 Å². The second kappa shape index (κ2) is 4.31. The number of hydrogen-bond donors (Lipinski definition) is 2. The van der Waals surface area contributed by atoms with Gasteiger partial charge in [-0.1, -0.05) is 0 Å². The standard InChI is InChI=1S/C13H18N2O4/c1-8-9(7-19-11(8)17)15-6-10(16)13(12(15)18)2-4-14-5-3-13/h10,14,16H,2-7H2,1H3/t10-/m1/s1. The summed E-state index contributed by atoms with van der Waals surface area (Å²) in [5.41, 5.74) is 0.417. The van der Waals surface area contributed by atoms with Gasteiger partial charge in [-0.15, -0.1) is 0 Å². The van der Waals surface area contributed by atoms with E-state index in [1.165, 1.54) is 0 Å². The molecule has 0 bridgehead atoms. The van der Waals surface area contributed by atoms with Crippen molar-refractivity contribution >= 4 is 11.9 Å². The fraction of sp³-hybridized carbons (Fsp3) is 0.692. The molecule has 1 amide bonds. The van der Waals surface area contributed by atoms with E-state index in [-0.39, 0.29) is 25.0 Å². The fourth-order valence-corrected chi connectivity index (χ4v) is 3.24. The quantitative estimate of drug-likeness (QED) is 0.619. The number of carbonyl (C=O) groups is 2. The Balaban J connectivity index is 1.91. The van der Waals surface area contributed by atoms with Crippen molar-refractivity contribution in [1.82, 2.24) is 10.2 Å². The first-order valence-electron chi connectivity index (χ1n) is 6.64. The third-order valence-electron chi connectivity index (χ3n) is 4.57. The smallest absolute Gasteiger partial charge is 0.336 e. The summed E-state index contributed by atoms with van der Waals surface area (Å²) in [5.74, 6) is -0.433. The molecule has 6 heteroatoms. The lowest BCUT2D eigenvalue weighted by atomic mass is 9.76. The van der Waals surface area contributed by atoms with Crippen LogP contribution in [0.5, 0.6) is 0 Å². The molecule has 2 saturated heterocycles. The van der Waals surface area contributed by atoms with Crippen LogP contribution < -0.4 is 5.32 Å². The van der Waals surface area contributed by atoms with Gasteiger partial charge in [0.1, 0.15) is 6.61 Å². The maximum absolute atomic E-state index is 12.7. The molecule has 0 unspecified atom stereocenters. The number of esters is 1. The van der Waals surface area contributed by atoms with Gasteiger partial charge in [0.25, 0.3) is 0 Å².